The lowest BCUT2D eigenvalue weighted by atomic mass is 10.0. The van der Waals surface area contributed by atoms with Crippen molar-refractivity contribution in [3.05, 3.63) is 111 Å². The summed E-state index contributed by atoms with van der Waals surface area (Å²) in [5.74, 6) is 0.00973. The van der Waals surface area contributed by atoms with Gasteiger partial charge in [0.25, 0.3) is 5.91 Å². The van der Waals surface area contributed by atoms with Gasteiger partial charge in [0.15, 0.2) is 6.61 Å². The van der Waals surface area contributed by atoms with Gasteiger partial charge in [0.1, 0.15) is 11.8 Å². The number of amides is 2. The maximum atomic E-state index is 14.0. The number of nitrogens with zero attached hydrogens (tertiary/aromatic N) is 1. The number of carbonyl (C=O) groups is 2. The van der Waals surface area contributed by atoms with Crippen molar-refractivity contribution in [1.29, 1.82) is 0 Å². The molecule has 1 atom stereocenters. The fourth-order valence-corrected chi connectivity index (χ4v) is 6.45. The molecule has 8 heteroatoms. The van der Waals surface area contributed by atoms with Gasteiger partial charge in [-0.15, -0.1) is 0 Å². The van der Waals surface area contributed by atoms with Crippen LogP contribution in [0, 0.1) is 0 Å². The first kappa shape index (κ1) is 29.4. The summed E-state index contributed by atoms with van der Waals surface area (Å²) in [4.78, 5) is 29.4. The van der Waals surface area contributed by atoms with Crippen LogP contribution in [-0.4, -0.2) is 35.4 Å². The number of benzene rings is 4. The van der Waals surface area contributed by atoms with Gasteiger partial charge in [-0.05, 0) is 63.3 Å². The zero-order valence-corrected chi connectivity index (χ0v) is 25.6. The van der Waals surface area contributed by atoms with Crippen molar-refractivity contribution < 1.29 is 14.3 Å². The third kappa shape index (κ3) is 7.24. The highest BCUT2D eigenvalue weighted by molar-refractivity contribution is 9.10. The first-order valence-electron chi connectivity index (χ1n) is 13.8. The average molecular weight is 654 g/mol. The van der Waals surface area contributed by atoms with Crippen LogP contribution in [0.4, 0.5) is 0 Å². The summed E-state index contributed by atoms with van der Waals surface area (Å²) in [6.07, 6.45) is 4.38. The van der Waals surface area contributed by atoms with E-state index in [2.05, 4.69) is 21.2 Å². The van der Waals surface area contributed by atoms with E-state index < -0.39 is 6.04 Å². The molecular weight excluding hydrogens is 623 g/mol. The number of rotatable bonds is 10. The zero-order valence-electron chi connectivity index (χ0n) is 22.5. The van der Waals surface area contributed by atoms with Crippen LogP contribution in [0.2, 0.25) is 10.0 Å². The van der Waals surface area contributed by atoms with Crippen LogP contribution in [-0.2, 0) is 22.6 Å². The molecule has 4 aromatic rings. The lowest BCUT2D eigenvalue weighted by molar-refractivity contribution is -0.143. The summed E-state index contributed by atoms with van der Waals surface area (Å²) in [6.45, 7) is -0.198. The molecule has 41 heavy (non-hydrogen) atoms. The number of nitrogens with one attached hydrogen (secondary N) is 1. The molecule has 0 heterocycles. The van der Waals surface area contributed by atoms with Gasteiger partial charge in [-0.3, -0.25) is 9.59 Å². The zero-order chi connectivity index (χ0) is 28.8. The Hall–Kier alpha value is -3.06. The van der Waals surface area contributed by atoms with E-state index in [1.807, 2.05) is 66.7 Å². The molecule has 212 valence electrons. The summed E-state index contributed by atoms with van der Waals surface area (Å²) in [7, 11) is 0. The second-order valence-electron chi connectivity index (χ2n) is 10.3. The van der Waals surface area contributed by atoms with E-state index in [1.165, 1.54) is 0 Å². The number of carbonyl (C=O) groups excluding carboxylic acids is 2. The molecule has 0 spiro atoms. The molecule has 0 saturated heterocycles. The normalized spacial score (nSPS) is 14.1. The molecule has 1 N–H and O–H groups in total. The fourth-order valence-electron chi connectivity index (χ4n) is 5.32. The maximum absolute atomic E-state index is 14.0. The highest BCUT2D eigenvalue weighted by Gasteiger charge is 2.33. The highest BCUT2D eigenvalue weighted by atomic mass is 79.9. The van der Waals surface area contributed by atoms with Crippen LogP contribution < -0.4 is 10.1 Å². The Morgan fingerprint density at radius 1 is 0.902 bits per heavy atom. The minimum Gasteiger partial charge on any atom is -0.483 e. The molecule has 2 amide bonds. The van der Waals surface area contributed by atoms with Gasteiger partial charge >= 0.3 is 0 Å². The van der Waals surface area contributed by atoms with E-state index in [4.69, 9.17) is 27.9 Å². The van der Waals surface area contributed by atoms with Crippen molar-refractivity contribution in [2.24, 2.45) is 0 Å². The van der Waals surface area contributed by atoms with E-state index in [-0.39, 0.29) is 31.0 Å². The van der Waals surface area contributed by atoms with Gasteiger partial charge in [-0.25, -0.2) is 0 Å². The first-order chi connectivity index (χ1) is 19.9. The van der Waals surface area contributed by atoms with Gasteiger partial charge in [0.2, 0.25) is 5.91 Å². The Balaban J connectivity index is 1.46. The van der Waals surface area contributed by atoms with E-state index in [0.29, 0.717) is 27.8 Å². The van der Waals surface area contributed by atoms with Gasteiger partial charge in [-0.2, -0.15) is 0 Å². The van der Waals surface area contributed by atoms with Crippen molar-refractivity contribution in [3.63, 3.8) is 0 Å². The third-order valence-electron chi connectivity index (χ3n) is 7.54. The molecule has 1 aliphatic carbocycles. The smallest absolute Gasteiger partial charge is 0.261 e. The Labute approximate surface area is 258 Å². The molecule has 1 saturated carbocycles. The lowest BCUT2D eigenvalue weighted by Gasteiger charge is -2.32. The van der Waals surface area contributed by atoms with Crippen molar-refractivity contribution in [2.45, 2.75) is 50.7 Å². The van der Waals surface area contributed by atoms with Crippen molar-refractivity contribution >= 4 is 61.7 Å². The number of hydrogen-bond acceptors (Lipinski definition) is 3. The van der Waals surface area contributed by atoms with E-state index >= 15 is 0 Å². The van der Waals surface area contributed by atoms with Crippen LogP contribution in [0.3, 0.4) is 0 Å². The molecule has 5 nitrogen and oxygen atoms in total. The molecule has 4 aromatic carbocycles. The largest absolute Gasteiger partial charge is 0.483 e. The summed E-state index contributed by atoms with van der Waals surface area (Å²) in [6, 6.07) is 26.0. The minimum atomic E-state index is -0.790. The Morgan fingerprint density at radius 2 is 1.59 bits per heavy atom. The van der Waals surface area contributed by atoms with E-state index in [9.17, 15) is 9.59 Å². The standard InChI is InChI=1S/C33H31BrCl2N2O3/c34-32-25-14-7-4-11-23(25)17-18-30(32)41-21-31(39)38(20-26-27(35)15-8-16-28(26)36)29(19-22-9-2-1-3-10-22)33(40)37-24-12-5-6-13-24/h1-4,7-11,14-18,24,29H,5-6,12-13,19-21H2,(H,37,40). The Kier molecular flexibility index (Phi) is 9.86. The lowest BCUT2D eigenvalue weighted by Crippen LogP contribution is -2.53. The molecule has 0 aliphatic heterocycles. The topological polar surface area (TPSA) is 58.6 Å². The molecule has 5 rings (SSSR count). The SMILES string of the molecule is O=C(NC1CCCC1)C(Cc1ccccc1)N(Cc1c(Cl)cccc1Cl)C(=O)COc1ccc2ccccc2c1Br. The predicted molar refractivity (Wildman–Crippen MR) is 168 cm³/mol. The molecule has 0 aromatic heterocycles. The van der Waals surface area contributed by atoms with Crippen molar-refractivity contribution in [3.8, 4) is 5.75 Å². The third-order valence-corrected chi connectivity index (χ3v) is 9.07. The monoisotopic (exact) mass is 652 g/mol. The summed E-state index contributed by atoms with van der Waals surface area (Å²) in [5, 5.41) is 6.11. The number of halogens is 3. The molecule has 1 aliphatic rings. The van der Waals surface area contributed by atoms with Crippen molar-refractivity contribution in [2.75, 3.05) is 6.61 Å². The van der Waals surface area contributed by atoms with Gasteiger partial charge < -0.3 is 15.0 Å². The van der Waals surface area contributed by atoms with Crippen LogP contribution in [0.5, 0.6) is 5.75 Å². The first-order valence-corrected chi connectivity index (χ1v) is 15.3. The average Bonchev–Trinajstić information content (AvgIpc) is 3.49. The molecule has 1 fully saturated rings. The van der Waals surface area contributed by atoms with Crippen LogP contribution in [0.1, 0.15) is 36.8 Å². The molecule has 1 unspecified atom stereocenters. The van der Waals surface area contributed by atoms with Crippen LogP contribution >= 0.6 is 39.1 Å². The maximum Gasteiger partial charge on any atom is 0.261 e. The van der Waals surface area contributed by atoms with Gasteiger partial charge in [0.05, 0.1) is 4.47 Å². The van der Waals surface area contributed by atoms with Crippen molar-refractivity contribution in [1.82, 2.24) is 10.2 Å². The van der Waals surface area contributed by atoms with E-state index in [1.54, 1.807) is 23.1 Å². The highest BCUT2D eigenvalue weighted by Crippen LogP contribution is 2.33. The number of ether oxygens (including phenoxy) is 1. The van der Waals surface area contributed by atoms with Crippen LogP contribution in [0.15, 0.2) is 89.4 Å². The predicted octanol–water partition coefficient (Wildman–Crippen LogP) is 7.99. The quantitative estimate of drug-likeness (QED) is 0.189. The minimum absolute atomic E-state index is 0.0647. The van der Waals surface area contributed by atoms with Crippen LogP contribution in [0.25, 0.3) is 10.8 Å². The molecular formula is C33H31BrCl2N2O3. The van der Waals surface area contributed by atoms with Gasteiger partial charge in [-0.1, -0.05) is 103 Å². The van der Waals surface area contributed by atoms with Gasteiger partial charge in [0, 0.05) is 34.6 Å². The summed E-state index contributed by atoms with van der Waals surface area (Å²) in [5.41, 5.74) is 1.53. The Bertz CT molecular complexity index is 1510. The summed E-state index contributed by atoms with van der Waals surface area (Å²) < 4.78 is 6.83. The second kappa shape index (κ2) is 13.7. The molecule has 0 radical (unpaired) electrons. The number of fused-ring (bicyclic) bond motifs is 1. The number of hydrogen-bond donors (Lipinski definition) is 1. The summed E-state index contributed by atoms with van der Waals surface area (Å²) >= 11 is 16.7. The molecule has 0 bridgehead atoms. The van der Waals surface area contributed by atoms with E-state index in [0.717, 1.165) is 46.5 Å². The second-order valence-corrected chi connectivity index (χ2v) is 11.9. The fraction of sp³-hybridized carbons (Fsp3) is 0.273. The Morgan fingerprint density at radius 3 is 2.32 bits per heavy atom.